The molecule has 5 nitrogen and oxygen atoms in total. The largest absolute Gasteiger partial charge is 3.00 e. The van der Waals surface area contributed by atoms with Crippen LogP contribution in [0.15, 0.2) is 132 Å². The van der Waals surface area contributed by atoms with Crippen molar-refractivity contribution in [1.82, 2.24) is 15.0 Å². The predicted octanol–water partition coefficient (Wildman–Crippen LogP) is 15.3. The minimum Gasteiger partial charge on any atom is -0.501 e. The summed E-state index contributed by atoms with van der Waals surface area (Å²) in [5.74, 6) is 0. The zero-order valence-corrected chi connectivity index (χ0v) is 43.8. The van der Waals surface area contributed by atoms with Crippen molar-refractivity contribution in [3.63, 3.8) is 0 Å². The maximum absolute atomic E-state index is 9.63. The summed E-state index contributed by atoms with van der Waals surface area (Å²) in [6.45, 7) is 17.5. The van der Waals surface area contributed by atoms with E-state index in [0.29, 0.717) is 33.3 Å². The molecule has 0 spiro atoms. The molecule has 0 saturated carbocycles. The van der Waals surface area contributed by atoms with Crippen LogP contribution in [0.1, 0.15) is 149 Å². The molecule has 0 fully saturated rings. The fraction of sp³-hybridized carbons (Fsp3) is 0.303. The van der Waals surface area contributed by atoms with E-state index in [9.17, 15) is 21.7 Å². The van der Waals surface area contributed by atoms with Crippen LogP contribution in [0.4, 0.5) is 0 Å². The second kappa shape index (κ2) is 18.8. The van der Waals surface area contributed by atoms with Crippen molar-refractivity contribution >= 4 is 21.9 Å². The average Bonchev–Trinajstić information content (AvgIpc) is 1.07. The fourth-order valence-electron chi connectivity index (χ4n) is 11.1. The van der Waals surface area contributed by atoms with Crippen LogP contribution in [0.25, 0.3) is 55.7 Å². The third-order valence-electron chi connectivity index (χ3n) is 14.1. The molecule has 0 saturated heterocycles. The van der Waals surface area contributed by atoms with E-state index in [0.717, 1.165) is 48.4 Å². The predicted molar refractivity (Wildman–Crippen MR) is 288 cm³/mol. The molecule has 0 N–H and O–H groups in total. The number of aryl methyl sites for hydroxylation is 6. The Bertz CT molecular complexity index is 4080. The van der Waals surface area contributed by atoms with Crippen molar-refractivity contribution in [2.24, 2.45) is 0 Å². The number of hydrogen-bond donors (Lipinski definition) is 0. The van der Waals surface area contributed by atoms with E-state index in [2.05, 4.69) is 88.5 Å². The molecule has 0 atom stereocenters. The third kappa shape index (κ3) is 9.51. The van der Waals surface area contributed by atoms with Crippen LogP contribution in [-0.4, -0.2) is 15.0 Å². The van der Waals surface area contributed by atoms with Gasteiger partial charge in [0, 0.05) is 40.4 Å². The molecule has 0 unspecified atom stereocenters. The van der Waals surface area contributed by atoms with Crippen molar-refractivity contribution in [2.45, 2.75) is 128 Å². The van der Waals surface area contributed by atoms with Gasteiger partial charge in [-0.3, -0.25) is 0 Å². The van der Waals surface area contributed by atoms with Gasteiger partial charge in [-0.1, -0.05) is 127 Å². The zero-order valence-electron chi connectivity index (χ0n) is 55.4. The third-order valence-corrected chi connectivity index (χ3v) is 14.1. The summed E-state index contributed by atoms with van der Waals surface area (Å²) in [4.78, 5) is 13.7. The van der Waals surface area contributed by atoms with Crippen LogP contribution in [0.5, 0.6) is 0 Å². The first-order valence-electron chi connectivity index (χ1n) is 30.9. The van der Waals surface area contributed by atoms with Crippen LogP contribution >= 0.6 is 0 Å². The molecule has 6 heteroatoms. The van der Waals surface area contributed by atoms with E-state index >= 15 is 0 Å². The van der Waals surface area contributed by atoms with Crippen molar-refractivity contribution < 1.29 is 43.7 Å². The van der Waals surface area contributed by atoms with Gasteiger partial charge < -0.3 is 19.4 Å². The van der Waals surface area contributed by atoms with E-state index in [1.807, 2.05) is 30.3 Å². The number of benzene rings is 5. The first kappa shape index (κ1) is 34.8. The average molecular weight is 1130 g/mol. The van der Waals surface area contributed by atoms with E-state index in [-0.39, 0.29) is 98.5 Å². The summed E-state index contributed by atoms with van der Waals surface area (Å²) in [6, 6.07) is 35.4. The number of furan rings is 1. The van der Waals surface area contributed by atoms with Crippen LogP contribution in [0.2, 0.25) is 0 Å². The standard InChI is InChI=1S/C66H61N4O.Ir/c1-63(2)40-65(5,6)56-34-49(22-25-54(56)63)58-27-19-42(37-68-58)12-15-45-30-46(16-13-43-20-28-59(69-38-43)50-23-26-55-57(35-50)66(7,8)41-64(55,3)4)32-47(31-45)17-14-44-21-29-60(70-39-44)53-11-9-10-52-51-24-18-48(36-67)33-61(51)71-62(52)53;/h9-10,18-21,24-35,37-39H,12-17,40-41H2,1-8H3;/q-3;+3/i12D2,13D2,14D2,15D2,16D2,17D2,18D,33D;. The van der Waals surface area contributed by atoms with Gasteiger partial charge in [-0.25, -0.2) is 0 Å². The number of aromatic nitrogens is 3. The quantitative estimate of drug-likeness (QED) is 0.114. The first-order chi connectivity index (χ1) is 39.4. The summed E-state index contributed by atoms with van der Waals surface area (Å²) in [7, 11) is 0. The van der Waals surface area contributed by atoms with E-state index in [4.69, 9.17) is 7.16 Å². The van der Waals surface area contributed by atoms with Gasteiger partial charge in [-0.05, 0) is 135 Å². The maximum atomic E-state index is 9.63. The number of pyridine rings is 3. The summed E-state index contributed by atoms with van der Waals surface area (Å²) in [5.41, 5.74) is 4.62. The molecule has 4 aromatic heterocycles. The Labute approximate surface area is 459 Å². The topological polar surface area (TPSA) is 75.6 Å². The fourth-order valence-corrected chi connectivity index (χ4v) is 11.1. The second-order valence-corrected chi connectivity index (χ2v) is 21.4. The van der Waals surface area contributed by atoms with Gasteiger partial charge >= 0.3 is 20.1 Å². The van der Waals surface area contributed by atoms with Gasteiger partial charge in [0.05, 0.1) is 20.0 Å². The molecule has 4 heterocycles. The van der Waals surface area contributed by atoms with Crippen molar-refractivity contribution in [2.75, 3.05) is 0 Å². The molecule has 2 aliphatic rings. The van der Waals surface area contributed by atoms with E-state index < -0.39 is 54.9 Å². The van der Waals surface area contributed by atoms with Gasteiger partial charge in [0.15, 0.2) is 0 Å². The van der Waals surface area contributed by atoms with Crippen molar-refractivity contribution in [3.8, 4) is 39.8 Å². The Balaban J connectivity index is 0.00000820. The molecule has 11 rings (SSSR count). The van der Waals surface area contributed by atoms with Crippen LogP contribution in [0.3, 0.4) is 0 Å². The summed E-state index contributed by atoms with van der Waals surface area (Å²) in [6.07, 6.45) is -13.1. The summed E-state index contributed by atoms with van der Waals surface area (Å²) < 4.78 is 138. The normalized spacial score (nSPS) is 19.8. The van der Waals surface area contributed by atoms with Crippen molar-refractivity contribution in [1.29, 1.82) is 5.26 Å². The summed E-state index contributed by atoms with van der Waals surface area (Å²) in [5, 5.41) is 10.5. The Morgan fingerprint density at radius 2 is 1.00 bits per heavy atom. The molecule has 0 amide bonds. The van der Waals surface area contributed by atoms with Crippen molar-refractivity contribution in [3.05, 3.63) is 207 Å². The number of hydrogen-bond acceptors (Lipinski definition) is 5. The SMILES string of the molecule is [2H]c1cc2c(oc3c(-c4ccc(C([2H])([2H])C([2H])([2H])c5cc(C([2H])([2H])C([2H])([2H])c6ccc(-c7[c-]cc8c(c7)C(C)(C)CC8(C)C)nc6)cc(C([2H])([2H])C([2H])([2H])c6ccc(-c7[c-]cc8c(c7)C(C)(C)CC8(C)C)nc6)c5)cn4)[c-]ccc32)c([2H])c1C#N.[Ir+3]. The molecular formula is C66H61IrN4O. The summed E-state index contributed by atoms with van der Waals surface area (Å²) >= 11 is 0. The van der Waals surface area contributed by atoms with Crippen LogP contribution in [0, 0.1) is 29.5 Å². The Kier molecular flexibility index (Phi) is 9.10. The molecule has 0 radical (unpaired) electrons. The second-order valence-electron chi connectivity index (χ2n) is 21.4. The minimum absolute atomic E-state index is 0. The number of fused-ring (bicyclic) bond motifs is 5. The van der Waals surface area contributed by atoms with Gasteiger partial charge in [-0.15, -0.1) is 88.0 Å². The van der Waals surface area contributed by atoms with Gasteiger partial charge in [0.25, 0.3) is 0 Å². The van der Waals surface area contributed by atoms with Crippen LogP contribution in [-0.2, 0) is 80.0 Å². The van der Waals surface area contributed by atoms with E-state index in [1.165, 1.54) is 53.9 Å². The van der Waals surface area contributed by atoms with Gasteiger partial charge in [0.2, 0.25) is 0 Å². The molecule has 0 bridgehead atoms. The van der Waals surface area contributed by atoms with E-state index in [1.54, 1.807) is 24.3 Å². The van der Waals surface area contributed by atoms with Gasteiger partial charge in [-0.2, -0.15) is 5.26 Å². The molecule has 0 aliphatic heterocycles. The molecule has 5 aromatic carbocycles. The smallest absolute Gasteiger partial charge is 0.501 e. The number of nitriles is 1. The molecule has 2 aliphatic carbocycles. The monoisotopic (exact) mass is 1130 g/mol. The first-order valence-corrected chi connectivity index (χ1v) is 23.9. The Hall–Kier alpha value is -6.51. The molecule has 360 valence electrons. The van der Waals surface area contributed by atoms with Crippen LogP contribution < -0.4 is 0 Å². The molecule has 72 heavy (non-hydrogen) atoms. The molecular weight excluding hydrogens is 1060 g/mol. The molecule has 9 aromatic rings. The zero-order chi connectivity index (χ0) is 61.8. The Morgan fingerprint density at radius 1 is 0.556 bits per heavy atom. The number of rotatable bonds is 12. The Morgan fingerprint density at radius 3 is 1.44 bits per heavy atom. The van der Waals surface area contributed by atoms with Gasteiger partial charge in [0.1, 0.15) is 5.58 Å². The number of nitrogens with zero attached hydrogens (tertiary/aromatic N) is 4. The minimum atomic E-state index is -3.19. The maximum Gasteiger partial charge on any atom is 3.00 e.